The van der Waals surface area contributed by atoms with Crippen molar-refractivity contribution in [3.63, 3.8) is 0 Å². The SMILES string of the molecule is CN(C)c1ccc(C2c3sc(=O)n(CC(=O)Nc4cccc5ccccc45)c3SC3C(=O)N(c4ccc(Br)cc4)C(=O)C32)cc1. The van der Waals surface area contributed by atoms with Crippen LogP contribution in [0.3, 0.4) is 0 Å². The molecule has 0 aliphatic carbocycles. The minimum absolute atomic E-state index is 0.219. The molecule has 11 heteroatoms. The van der Waals surface area contributed by atoms with Crippen molar-refractivity contribution in [1.29, 1.82) is 0 Å². The molecule has 8 nitrogen and oxygen atoms in total. The molecule has 2 aliphatic heterocycles. The zero-order valence-electron chi connectivity index (χ0n) is 24.3. The zero-order valence-corrected chi connectivity index (χ0v) is 27.5. The van der Waals surface area contributed by atoms with E-state index in [4.69, 9.17) is 0 Å². The summed E-state index contributed by atoms with van der Waals surface area (Å²) < 4.78 is 2.28. The van der Waals surface area contributed by atoms with Crippen LogP contribution in [0.25, 0.3) is 10.8 Å². The number of carbonyl (C=O) groups is 3. The highest BCUT2D eigenvalue weighted by atomic mass is 79.9. The maximum atomic E-state index is 14.1. The van der Waals surface area contributed by atoms with Crippen molar-refractivity contribution in [2.45, 2.75) is 22.7 Å². The number of thiazole rings is 1. The first-order chi connectivity index (χ1) is 21.7. The van der Waals surface area contributed by atoms with Gasteiger partial charge in [0.25, 0.3) is 0 Å². The molecular weight excluding hydrogens is 672 g/mol. The lowest BCUT2D eigenvalue weighted by Crippen LogP contribution is -2.33. The summed E-state index contributed by atoms with van der Waals surface area (Å²) in [5.41, 5.74) is 2.98. The maximum Gasteiger partial charge on any atom is 0.308 e. The molecule has 0 spiro atoms. The number of amides is 3. The van der Waals surface area contributed by atoms with E-state index in [9.17, 15) is 19.2 Å². The van der Waals surface area contributed by atoms with Crippen molar-refractivity contribution >= 4 is 84.6 Å². The Morgan fingerprint density at radius 2 is 1.60 bits per heavy atom. The van der Waals surface area contributed by atoms with Gasteiger partial charge in [-0.15, -0.1) is 0 Å². The van der Waals surface area contributed by atoms with E-state index >= 15 is 0 Å². The van der Waals surface area contributed by atoms with Crippen LogP contribution in [-0.4, -0.2) is 41.6 Å². The second-order valence-corrected chi connectivity index (χ2v) is 14.3. The Morgan fingerprint density at radius 1 is 0.889 bits per heavy atom. The minimum Gasteiger partial charge on any atom is -0.378 e. The van der Waals surface area contributed by atoms with E-state index in [0.717, 1.165) is 37.8 Å². The topological polar surface area (TPSA) is 91.7 Å². The summed E-state index contributed by atoms with van der Waals surface area (Å²) in [5, 5.41) is 4.66. The molecule has 4 aromatic carbocycles. The molecule has 0 bridgehead atoms. The molecule has 3 amide bonds. The van der Waals surface area contributed by atoms with Gasteiger partial charge in [0, 0.05) is 46.1 Å². The van der Waals surface area contributed by atoms with Gasteiger partial charge in [0.1, 0.15) is 11.8 Å². The lowest BCUT2D eigenvalue weighted by molar-refractivity contribution is -0.122. The summed E-state index contributed by atoms with van der Waals surface area (Å²) in [6.45, 7) is -0.219. The van der Waals surface area contributed by atoms with E-state index in [-0.39, 0.29) is 29.1 Å². The van der Waals surface area contributed by atoms with E-state index in [1.165, 1.54) is 21.2 Å². The average molecular weight is 700 g/mol. The molecule has 3 heterocycles. The van der Waals surface area contributed by atoms with E-state index in [1.807, 2.05) is 85.7 Å². The highest BCUT2D eigenvalue weighted by Gasteiger charge is 2.56. The first kappa shape index (κ1) is 29.5. The number of anilines is 3. The Labute approximate surface area is 275 Å². The number of carbonyl (C=O) groups excluding carboxylic acids is 3. The van der Waals surface area contributed by atoms with E-state index in [2.05, 4.69) is 21.2 Å². The third kappa shape index (κ3) is 5.18. The number of rotatable bonds is 6. The van der Waals surface area contributed by atoms with Crippen LogP contribution in [0, 0.1) is 5.92 Å². The van der Waals surface area contributed by atoms with Gasteiger partial charge in [0.2, 0.25) is 17.7 Å². The van der Waals surface area contributed by atoms with Crippen LogP contribution in [0.5, 0.6) is 0 Å². The number of benzene rings is 4. The molecule has 3 atom stereocenters. The number of nitrogens with zero attached hydrogens (tertiary/aromatic N) is 3. The second-order valence-electron chi connectivity index (χ2n) is 11.2. The first-order valence-electron chi connectivity index (χ1n) is 14.3. The van der Waals surface area contributed by atoms with Crippen molar-refractivity contribution in [1.82, 2.24) is 4.57 Å². The largest absolute Gasteiger partial charge is 0.378 e. The zero-order chi connectivity index (χ0) is 31.4. The van der Waals surface area contributed by atoms with Crippen LogP contribution >= 0.6 is 39.0 Å². The van der Waals surface area contributed by atoms with Crippen molar-refractivity contribution in [2.24, 2.45) is 5.92 Å². The molecule has 1 aromatic heterocycles. The highest BCUT2D eigenvalue weighted by Crippen LogP contribution is 2.54. The number of halogens is 1. The molecule has 0 radical (unpaired) electrons. The third-order valence-electron chi connectivity index (χ3n) is 8.27. The Bertz CT molecular complexity index is 2030. The normalized spacial score (nSPS) is 19.0. The van der Waals surface area contributed by atoms with E-state index in [0.29, 0.717) is 21.3 Å². The van der Waals surface area contributed by atoms with Gasteiger partial charge in [-0.05, 0) is 53.4 Å². The molecule has 2 aliphatic rings. The fourth-order valence-electron chi connectivity index (χ4n) is 6.11. The fraction of sp³-hybridized carbons (Fsp3) is 0.176. The van der Waals surface area contributed by atoms with Gasteiger partial charge in [-0.3, -0.25) is 23.7 Å². The van der Waals surface area contributed by atoms with Gasteiger partial charge < -0.3 is 10.2 Å². The number of thioether (sulfide) groups is 1. The first-order valence-corrected chi connectivity index (χ1v) is 16.8. The van der Waals surface area contributed by atoms with Gasteiger partial charge >= 0.3 is 4.87 Å². The number of imide groups is 1. The molecule has 1 N–H and O–H groups in total. The van der Waals surface area contributed by atoms with Gasteiger partial charge in [-0.2, -0.15) is 0 Å². The predicted molar refractivity (Wildman–Crippen MR) is 184 cm³/mol. The summed E-state index contributed by atoms with van der Waals surface area (Å²) in [6.07, 6.45) is 0. The van der Waals surface area contributed by atoms with Crippen LogP contribution in [0.4, 0.5) is 17.1 Å². The third-order valence-corrected chi connectivity index (χ3v) is 11.4. The summed E-state index contributed by atoms with van der Waals surface area (Å²) in [5.74, 6) is -2.22. The molecule has 1 saturated heterocycles. The quantitative estimate of drug-likeness (QED) is 0.209. The Balaban J connectivity index is 1.28. The molecule has 7 rings (SSSR count). The molecule has 1 fully saturated rings. The monoisotopic (exact) mass is 698 g/mol. The van der Waals surface area contributed by atoms with Crippen LogP contribution in [0.1, 0.15) is 16.4 Å². The minimum atomic E-state index is -0.756. The highest BCUT2D eigenvalue weighted by molar-refractivity contribution is 9.10. The smallest absolute Gasteiger partial charge is 0.308 e. The van der Waals surface area contributed by atoms with Crippen LogP contribution in [-0.2, 0) is 20.9 Å². The number of fused-ring (bicyclic) bond motifs is 3. The number of hydrogen-bond donors (Lipinski definition) is 1. The molecule has 0 saturated carbocycles. The molecule has 45 heavy (non-hydrogen) atoms. The van der Waals surface area contributed by atoms with Gasteiger partial charge in [-0.1, -0.05) is 87.6 Å². The number of nitrogens with one attached hydrogen (secondary N) is 1. The van der Waals surface area contributed by atoms with E-state index in [1.54, 1.807) is 24.3 Å². The van der Waals surface area contributed by atoms with E-state index < -0.39 is 17.1 Å². The van der Waals surface area contributed by atoms with Crippen molar-refractivity contribution < 1.29 is 14.4 Å². The van der Waals surface area contributed by atoms with Gasteiger partial charge in [-0.25, -0.2) is 4.90 Å². The lowest BCUT2D eigenvalue weighted by atomic mass is 9.83. The molecular formula is C34H27BrN4O4S2. The molecule has 5 aromatic rings. The van der Waals surface area contributed by atoms with Crippen LogP contribution in [0.2, 0.25) is 0 Å². The Kier molecular flexibility index (Phi) is 7.63. The van der Waals surface area contributed by atoms with Crippen LogP contribution in [0.15, 0.2) is 105 Å². The van der Waals surface area contributed by atoms with Gasteiger partial charge in [0.15, 0.2) is 0 Å². The van der Waals surface area contributed by atoms with Crippen molar-refractivity contribution in [3.05, 3.63) is 116 Å². The van der Waals surface area contributed by atoms with Crippen LogP contribution < -0.4 is 20.0 Å². The average Bonchev–Trinajstić information content (AvgIpc) is 3.48. The Morgan fingerprint density at radius 3 is 2.33 bits per heavy atom. The van der Waals surface area contributed by atoms with Gasteiger partial charge in [0.05, 0.1) is 16.6 Å². The lowest BCUT2D eigenvalue weighted by Gasteiger charge is -2.31. The predicted octanol–water partition coefficient (Wildman–Crippen LogP) is 6.33. The van der Waals surface area contributed by atoms with Crippen molar-refractivity contribution in [2.75, 3.05) is 29.2 Å². The summed E-state index contributed by atoms with van der Waals surface area (Å²) in [7, 11) is 3.90. The van der Waals surface area contributed by atoms with Crippen molar-refractivity contribution in [3.8, 4) is 0 Å². The summed E-state index contributed by atoms with van der Waals surface area (Å²) >= 11 is 5.67. The maximum absolute atomic E-state index is 14.1. The standard InChI is InChI=1S/C34H27BrN4O4S2/c1-37(2)22-14-10-20(11-15-22)27-28-29(32(42)39(31(28)41)23-16-12-21(35)13-17-23)44-33-30(27)45-34(43)38(33)18-26(40)36-25-9-5-7-19-6-3-4-8-24(19)25/h3-17,27-29H,18H2,1-2H3,(H,36,40). The summed E-state index contributed by atoms with van der Waals surface area (Å²) in [4.78, 5) is 58.7. The fourth-order valence-corrected chi connectivity index (χ4v) is 9.14. The molecule has 226 valence electrons. The Hall–Kier alpha value is -4.19. The second kappa shape index (κ2) is 11.6. The summed E-state index contributed by atoms with van der Waals surface area (Å²) in [6, 6.07) is 28.4. The number of hydrogen-bond acceptors (Lipinski definition) is 7. The number of aromatic nitrogens is 1. The molecule has 3 unspecified atom stereocenters.